The number of nitrogens with one attached hydrogen (secondary N) is 1. The maximum Gasteiger partial charge on any atom is 0.133 e. The fourth-order valence-electron chi connectivity index (χ4n) is 2.41. The highest BCUT2D eigenvalue weighted by Crippen LogP contribution is 2.20. The third kappa shape index (κ3) is 3.79. The molecule has 1 heterocycles. The first-order valence-corrected chi connectivity index (χ1v) is 7.31. The number of nitrogens with zero attached hydrogens (tertiary/aromatic N) is 2. The number of ether oxygens (including phenoxy) is 1. The van der Waals surface area contributed by atoms with Gasteiger partial charge in [-0.05, 0) is 26.5 Å². The normalized spacial score (nSPS) is 10.7. The molecule has 0 bridgehead atoms. The number of aryl methyl sites for hydroxylation is 2. The number of para-hydroxylation sites is 1. The molecule has 0 saturated carbocycles. The van der Waals surface area contributed by atoms with E-state index in [4.69, 9.17) is 4.74 Å². The van der Waals surface area contributed by atoms with E-state index in [1.807, 2.05) is 32.0 Å². The minimum absolute atomic E-state index is 0.688. The van der Waals surface area contributed by atoms with Gasteiger partial charge in [0, 0.05) is 35.5 Å². The van der Waals surface area contributed by atoms with Crippen molar-refractivity contribution in [1.82, 2.24) is 15.3 Å². The van der Waals surface area contributed by atoms with Crippen LogP contribution >= 0.6 is 0 Å². The van der Waals surface area contributed by atoms with Crippen LogP contribution in [0, 0.1) is 13.8 Å². The number of hydrogen-bond acceptors (Lipinski definition) is 4. The Balaban J connectivity index is 2.25. The molecule has 21 heavy (non-hydrogen) atoms. The van der Waals surface area contributed by atoms with Crippen LogP contribution in [0.25, 0.3) is 0 Å². The zero-order valence-electron chi connectivity index (χ0n) is 13.2. The van der Waals surface area contributed by atoms with Gasteiger partial charge in [-0.2, -0.15) is 0 Å². The summed E-state index contributed by atoms with van der Waals surface area (Å²) in [6.45, 7) is 7.96. The summed E-state index contributed by atoms with van der Waals surface area (Å²) in [7, 11) is 1.69. The second-order valence-electron chi connectivity index (χ2n) is 5.06. The monoisotopic (exact) mass is 285 g/mol. The van der Waals surface area contributed by atoms with Gasteiger partial charge in [-0.25, -0.2) is 9.97 Å². The fraction of sp³-hybridized carbons (Fsp3) is 0.412. The van der Waals surface area contributed by atoms with Crippen LogP contribution in [0.3, 0.4) is 0 Å². The predicted octanol–water partition coefficient (Wildman–Crippen LogP) is 2.80. The Kier molecular flexibility index (Phi) is 5.28. The molecule has 0 radical (unpaired) electrons. The minimum atomic E-state index is 0.688. The van der Waals surface area contributed by atoms with E-state index >= 15 is 0 Å². The maximum absolute atomic E-state index is 5.39. The number of hydrogen-bond donors (Lipinski definition) is 1. The summed E-state index contributed by atoms with van der Waals surface area (Å²) in [6, 6.07) is 8.00. The molecule has 0 saturated heterocycles. The molecule has 0 unspecified atom stereocenters. The molecule has 1 aromatic heterocycles. The first-order chi connectivity index (χ1) is 10.2. The molecule has 1 N–H and O–H groups in total. The summed E-state index contributed by atoms with van der Waals surface area (Å²) in [5, 5.41) is 3.33. The summed E-state index contributed by atoms with van der Waals surface area (Å²) in [5.74, 6) is 1.72. The molecule has 112 valence electrons. The Hall–Kier alpha value is -1.94. The van der Waals surface area contributed by atoms with E-state index in [-0.39, 0.29) is 0 Å². The summed E-state index contributed by atoms with van der Waals surface area (Å²) in [4.78, 5) is 9.30. The Morgan fingerprint density at radius 3 is 2.38 bits per heavy atom. The van der Waals surface area contributed by atoms with Crippen molar-refractivity contribution < 1.29 is 4.74 Å². The molecule has 0 amide bonds. The van der Waals surface area contributed by atoms with Crippen molar-refractivity contribution in [3.8, 4) is 5.75 Å². The number of aromatic nitrogens is 2. The van der Waals surface area contributed by atoms with Crippen LogP contribution in [0.5, 0.6) is 5.75 Å². The predicted molar refractivity (Wildman–Crippen MR) is 84.7 cm³/mol. The van der Waals surface area contributed by atoms with Crippen LogP contribution in [0.1, 0.15) is 35.3 Å². The molecule has 4 nitrogen and oxygen atoms in total. The summed E-state index contributed by atoms with van der Waals surface area (Å²) >= 11 is 0. The second kappa shape index (κ2) is 7.18. The molecule has 2 rings (SSSR count). The van der Waals surface area contributed by atoms with Gasteiger partial charge in [0.15, 0.2) is 0 Å². The Labute approximate surface area is 126 Å². The van der Waals surface area contributed by atoms with E-state index in [1.54, 1.807) is 7.11 Å². The van der Waals surface area contributed by atoms with E-state index in [2.05, 4.69) is 28.3 Å². The number of methoxy groups -OCH3 is 1. The lowest BCUT2D eigenvalue weighted by Gasteiger charge is -2.12. The molecule has 4 heteroatoms. The van der Waals surface area contributed by atoms with Crippen LogP contribution in [-0.2, 0) is 13.0 Å². The lowest BCUT2D eigenvalue weighted by atomic mass is 10.1. The molecule has 1 aromatic carbocycles. The van der Waals surface area contributed by atoms with Crippen LogP contribution < -0.4 is 10.1 Å². The van der Waals surface area contributed by atoms with Crippen LogP contribution in [0.4, 0.5) is 0 Å². The van der Waals surface area contributed by atoms with Crippen LogP contribution in [0.15, 0.2) is 24.3 Å². The van der Waals surface area contributed by atoms with Gasteiger partial charge < -0.3 is 10.1 Å². The summed E-state index contributed by atoms with van der Waals surface area (Å²) in [5.41, 5.74) is 4.40. The number of rotatable bonds is 6. The van der Waals surface area contributed by atoms with Crippen LogP contribution in [-0.4, -0.2) is 23.6 Å². The van der Waals surface area contributed by atoms with Crippen LogP contribution in [0.2, 0.25) is 0 Å². The average Bonchev–Trinajstić information content (AvgIpc) is 2.47. The second-order valence-corrected chi connectivity index (χ2v) is 5.06. The van der Waals surface area contributed by atoms with Gasteiger partial charge in [0.1, 0.15) is 11.6 Å². The molecule has 0 aliphatic carbocycles. The summed E-state index contributed by atoms with van der Waals surface area (Å²) in [6.07, 6.45) is 0.688. The number of benzene rings is 1. The molecule has 2 aromatic rings. The average molecular weight is 285 g/mol. The third-order valence-electron chi connectivity index (χ3n) is 3.56. The third-order valence-corrected chi connectivity index (χ3v) is 3.56. The highest BCUT2D eigenvalue weighted by molar-refractivity contribution is 5.36. The highest BCUT2D eigenvalue weighted by atomic mass is 16.5. The molecular weight excluding hydrogens is 262 g/mol. The Morgan fingerprint density at radius 2 is 1.76 bits per heavy atom. The van der Waals surface area contributed by atoms with E-state index in [9.17, 15) is 0 Å². The van der Waals surface area contributed by atoms with Gasteiger partial charge in [-0.3, -0.25) is 0 Å². The lowest BCUT2D eigenvalue weighted by molar-refractivity contribution is 0.410. The highest BCUT2D eigenvalue weighted by Gasteiger charge is 2.10. The maximum atomic E-state index is 5.39. The SMILES string of the molecule is CCNCc1c(C)nc(Cc2ccccc2OC)nc1C. The smallest absolute Gasteiger partial charge is 0.133 e. The van der Waals surface area contributed by atoms with Crippen molar-refractivity contribution in [2.24, 2.45) is 0 Å². The lowest BCUT2D eigenvalue weighted by Crippen LogP contribution is -2.16. The van der Waals surface area contributed by atoms with Gasteiger partial charge >= 0.3 is 0 Å². The molecule has 0 aliphatic rings. The molecular formula is C17H23N3O. The first-order valence-electron chi connectivity index (χ1n) is 7.31. The van der Waals surface area contributed by atoms with Crippen molar-refractivity contribution in [3.05, 3.63) is 52.6 Å². The largest absolute Gasteiger partial charge is 0.496 e. The van der Waals surface area contributed by atoms with E-state index < -0.39 is 0 Å². The quantitative estimate of drug-likeness (QED) is 0.886. The van der Waals surface area contributed by atoms with Gasteiger partial charge in [0.2, 0.25) is 0 Å². The van der Waals surface area contributed by atoms with Gasteiger partial charge in [0.05, 0.1) is 7.11 Å². The first kappa shape index (κ1) is 15.4. The zero-order chi connectivity index (χ0) is 15.2. The minimum Gasteiger partial charge on any atom is -0.496 e. The van der Waals surface area contributed by atoms with Crippen molar-refractivity contribution in [2.45, 2.75) is 33.7 Å². The fourth-order valence-corrected chi connectivity index (χ4v) is 2.41. The van der Waals surface area contributed by atoms with Crippen molar-refractivity contribution in [3.63, 3.8) is 0 Å². The van der Waals surface area contributed by atoms with E-state index in [1.165, 1.54) is 5.56 Å². The van der Waals surface area contributed by atoms with Crippen molar-refractivity contribution in [1.29, 1.82) is 0 Å². The zero-order valence-corrected chi connectivity index (χ0v) is 13.2. The molecule has 0 spiro atoms. The Morgan fingerprint density at radius 1 is 1.10 bits per heavy atom. The Bertz CT molecular complexity index is 588. The molecule has 0 atom stereocenters. The van der Waals surface area contributed by atoms with E-state index in [0.717, 1.165) is 41.6 Å². The van der Waals surface area contributed by atoms with Gasteiger partial charge in [-0.15, -0.1) is 0 Å². The van der Waals surface area contributed by atoms with Gasteiger partial charge in [-0.1, -0.05) is 25.1 Å². The van der Waals surface area contributed by atoms with Gasteiger partial charge in [0.25, 0.3) is 0 Å². The van der Waals surface area contributed by atoms with Crippen molar-refractivity contribution >= 4 is 0 Å². The van der Waals surface area contributed by atoms with Crippen molar-refractivity contribution in [2.75, 3.05) is 13.7 Å². The standard InChI is InChI=1S/C17H23N3O/c1-5-18-11-15-12(2)19-17(20-13(15)3)10-14-8-6-7-9-16(14)21-4/h6-9,18H,5,10-11H2,1-4H3. The van der Waals surface area contributed by atoms with E-state index in [0.29, 0.717) is 6.42 Å². The summed E-state index contributed by atoms with van der Waals surface area (Å²) < 4.78 is 5.39. The topological polar surface area (TPSA) is 47.0 Å². The molecule has 0 aliphatic heterocycles. The molecule has 0 fully saturated rings.